The molecule has 0 bridgehead atoms. The van der Waals surface area contributed by atoms with Gasteiger partial charge in [-0.2, -0.15) is 9.57 Å². The predicted octanol–water partition coefficient (Wildman–Crippen LogP) is 3.54. The zero-order chi connectivity index (χ0) is 18.1. The lowest BCUT2D eigenvalue weighted by atomic mass is 10.1. The van der Waals surface area contributed by atoms with Crippen molar-refractivity contribution < 1.29 is 13.2 Å². The molecule has 4 rings (SSSR count). The Balaban J connectivity index is 1.62. The summed E-state index contributed by atoms with van der Waals surface area (Å²) < 4.78 is 34.4. The van der Waals surface area contributed by atoms with Gasteiger partial charge in [-0.1, -0.05) is 18.2 Å². The minimum atomic E-state index is -3.62. The van der Waals surface area contributed by atoms with Crippen molar-refractivity contribution in [3.8, 4) is 6.07 Å². The van der Waals surface area contributed by atoms with Crippen LogP contribution in [0, 0.1) is 11.3 Å². The van der Waals surface area contributed by atoms with Crippen LogP contribution in [0.5, 0.6) is 0 Å². The van der Waals surface area contributed by atoms with Gasteiger partial charge in [-0.3, -0.25) is 0 Å². The van der Waals surface area contributed by atoms with Crippen LogP contribution in [0.4, 0.5) is 0 Å². The highest BCUT2D eigenvalue weighted by Gasteiger charge is 2.32. The Hall–Kier alpha value is -2.24. The Labute approximate surface area is 156 Å². The Kier molecular flexibility index (Phi) is 4.51. The molecule has 0 N–H and O–H groups in total. The number of sulfonamides is 1. The lowest BCUT2D eigenvalue weighted by molar-refractivity contribution is -0.00154. The maximum atomic E-state index is 13.0. The molecule has 1 fully saturated rings. The molecule has 0 spiro atoms. The average Bonchev–Trinajstić information content (AvgIpc) is 3.12. The fraction of sp³-hybridized carbons (Fsp3) is 0.211. The van der Waals surface area contributed by atoms with Gasteiger partial charge in [0.1, 0.15) is 0 Å². The van der Waals surface area contributed by atoms with Crippen molar-refractivity contribution >= 4 is 31.4 Å². The highest BCUT2D eigenvalue weighted by atomic mass is 32.2. The molecule has 1 aliphatic rings. The molecule has 0 aliphatic carbocycles. The third kappa shape index (κ3) is 3.02. The number of nitrogens with zero attached hydrogens (tertiary/aromatic N) is 2. The molecule has 2 heterocycles. The van der Waals surface area contributed by atoms with E-state index in [4.69, 9.17) is 10.00 Å². The summed E-state index contributed by atoms with van der Waals surface area (Å²) in [6.07, 6.45) is -0.284. The third-order valence-corrected chi connectivity index (χ3v) is 7.37. The van der Waals surface area contributed by atoms with Crippen LogP contribution >= 0.6 is 11.3 Å². The van der Waals surface area contributed by atoms with Crippen molar-refractivity contribution in [2.45, 2.75) is 11.0 Å². The molecular formula is C19H16N2O3S2. The van der Waals surface area contributed by atoms with Gasteiger partial charge in [0.15, 0.2) is 0 Å². The van der Waals surface area contributed by atoms with Crippen molar-refractivity contribution in [3.63, 3.8) is 0 Å². The number of fused-ring (bicyclic) bond motifs is 1. The number of morpholine rings is 1. The first-order valence-corrected chi connectivity index (χ1v) is 10.5. The zero-order valence-corrected chi connectivity index (χ0v) is 15.5. The number of ether oxygens (including phenoxy) is 1. The molecule has 1 aliphatic heterocycles. The summed E-state index contributed by atoms with van der Waals surface area (Å²) in [6.45, 7) is 0.953. The first-order chi connectivity index (χ1) is 12.6. The fourth-order valence-corrected chi connectivity index (χ4v) is 5.56. The molecule has 1 saturated heterocycles. The fourth-order valence-electron chi connectivity index (χ4n) is 3.13. The lowest BCUT2D eigenvalue weighted by Crippen LogP contribution is -2.42. The average molecular weight is 384 g/mol. The second-order valence-corrected chi connectivity index (χ2v) is 8.90. The first kappa shape index (κ1) is 17.2. The molecule has 0 amide bonds. The first-order valence-electron chi connectivity index (χ1n) is 8.17. The Bertz CT molecular complexity index is 1080. The summed E-state index contributed by atoms with van der Waals surface area (Å²) in [6, 6.07) is 16.1. The maximum Gasteiger partial charge on any atom is 0.243 e. The molecule has 0 radical (unpaired) electrons. The van der Waals surface area contributed by atoms with Gasteiger partial charge >= 0.3 is 0 Å². The van der Waals surface area contributed by atoms with Gasteiger partial charge in [0.25, 0.3) is 0 Å². The number of hydrogen-bond acceptors (Lipinski definition) is 5. The van der Waals surface area contributed by atoms with Crippen LogP contribution in [-0.2, 0) is 14.8 Å². The molecule has 26 heavy (non-hydrogen) atoms. The van der Waals surface area contributed by atoms with Crippen LogP contribution in [0.25, 0.3) is 10.1 Å². The van der Waals surface area contributed by atoms with E-state index in [0.717, 1.165) is 15.6 Å². The van der Waals surface area contributed by atoms with Crippen LogP contribution < -0.4 is 0 Å². The van der Waals surface area contributed by atoms with Crippen molar-refractivity contribution in [2.75, 3.05) is 19.7 Å². The molecule has 0 unspecified atom stereocenters. The molecule has 1 atom stereocenters. The normalized spacial score (nSPS) is 18.7. The molecule has 7 heteroatoms. The van der Waals surface area contributed by atoms with E-state index in [1.54, 1.807) is 11.3 Å². The largest absolute Gasteiger partial charge is 0.371 e. The second-order valence-electron chi connectivity index (χ2n) is 6.05. The van der Waals surface area contributed by atoms with Crippen molar-refractivity contribution in [1.82, 2.24) is 4.31 Å². The van der Waals surface area contributed by atoms with Crippen molar-refractivity contribution in [2.24, 2.45) is 0 Å². The Morgan fingerprint density at radius 3 is 2.69 bits per heavy atom. The van der Waals surface area contributed by atoms with Gasteiger partial charge in [-0.05, 0) is 41.1 Å². The highest BCUT2D eigenvalue weighted by Crippen LogP contribution is 2.34. The zero-order valence-electron chi connectivity index (χ0n) is 13.8. The summed E-state index contributed by atoms with van der Waals surface area (Å²) in [5.74, 6) is 0. The molecule has 0 saturated carbocycles. The van der Waals surface area contributed by atoms with Crippen molar-refractivity contribution in [3.05, 3.63) is 65.0 Å². The second kappa shape index (κ2) is 6.82. The Morgan fingerprint density at radius 1 is 1.15 bits per heavy atom. The standard InChI is InChI=1S/C19H16N2O3S2/c20-11-14-5-7-15(8-6-14)26(22,23)21-9-10-24-18(12-21)17-13-25-19-4-2-1-3-16(17)19/h1-8,13,18H,9-10,12H2/t18-/m0/s1. The minimum Gasteiger partial charge on any atom is -0.371 e. The molecule has 2 aromatic carbocycles. The SMILES string of the molecule is N#Cc1ccc(S(=O)(=O)N2CCO[C@H](c3csc4ccccc34)C2)cc1. The maximum absolute atomic E-state index is 13.0. The van der Waals surface area contributed by atoms with E-state index >= 15 is 0 Å². The van der Waals surface area contributed by atoms with E-state index < -0.39 is 10.0 Å². The minimum absolute atomic E-state index is 0.201. The van der Waals surface area contributed by atoms with E-state index in [9.17, 15) is 8.42 Å². The van der Waals surface area contributed by atoms with E-state index in [1.165, 1.54) is 28.6 Å². The molecular weight excluding hydrogens is 368 g/mol. The highest BCUT2D eigenvalue weighted by molar-refractivity contribution is 7.89. The van der Waals surface area contributed by atoms with Gasteiger partial charge < -0.3 is 4.74 Å². The quantitative estimate of drug-likeness (QED) is 0.693. The van der Waals surface area contributed by atoms with Crippen LogP contribution in [0.3, 0.4) is 0 Å². The van der Waals surface area contributed by atoms with E-state index in [-0.39, 0.29) is 17.5 Å². The van der Waals surface area contributed by atoms with Crippen molar-refractivity contribution in [1.29, 1.82) is 5.26 Å². The summed E-state index contributed by atoms with van der Waals surface area (Å²) in [5.41, 5.74) is 1.47. The molecule has 1 aromatic heterocycles. The van der Waals surface area contributed by atoms with Crippen LogP contribution in [-0.4, -0.2) is 32.4 Å². The predicted molar refractivity (Wildman–Crippen MR) is 100 cm³/mol. The smallest absolute Gasteiger partial charge is 0.243 e. The summed E-state index contributed by atoms with van der Waals surface area (Å²) in [5, 5.41) is 12.0. The van der Waals surface area contributed by atoms with E-state index in [0.29, 0.717) is 18.7 Å². The number of thiophene rings is 1. The molecule has 132 valence electrons. The summed E-state index contributed by atoms with van der Waals surface area (Å²) >= 11 is 1.64. The number of benzene rings is 2. The summed E-state index contributed by atoms with van der Waals surface area (Å²) in [4.78, 5) is 0.201. The van der Waals surface area contributed by atoms with Crippen LogP contribution in [0.15, 0.2) is 58.8 Å². The van der Waals surface area contributed by atoms with Crippen LogP contribution in [0.2, 0.25) is 0 Å². The number of hydrogen-bond donors (Lipinski definition) is 0. The lowest BCUT2D eigenvalue weighted by Gasteiger charge is -2.32. The molecule has 5 nitrogen and oxygen atoms in total. The van der Waals surface area contributed by atoms with E-state index in [2.05, 4.69) is 6.07 Å². The van der Waals surface area contributed by atoms with Crippen LogP contribution in [0.1, 0.15) is 17.2 Å². The van der Waals surface area contributed by atoms with Gasteiger partial charge in [-0.25, -0.2) is 8.42 Å². The van der Waals surface area contributed by atoms with E-state index in [1.807, 2.05) is 29.6 Å². The number of rotatable bonds is 3. The topological polar surface area (TPSA) is 70.4 Å². The van der Waals surface area contributed by atoms with Gasteiger partial charge in [0.05, 0.1) is 29.2 Å². The summed E-state index contributed by atoms with van der Waals surface area (Å²) in [7, 11) is -3.62. The van der Waals surface area contributed by atoms with Gasteiger partial charge in [0, 0.05) is 23.4 Å². The number of nitriles is 1. The molecule has 3 aromatic rings. The third-order valence-electron chi connectivity index (χ3n) is 4.51. The van der Waals surface area contributed by atoms with Gasteiger partial charge in [0.2, 0.25) is 10.0 Å². The van der Waals surface area contributed by atoms with Gasteiger partial charge in [-0.15, -0.1) is 11.3 Å². The monoisotopic (exact) mass is 384 g/mol. The Morgan fingerprint density at radius 2 is 1.92 bits per heavy atom.